The van der Waals surface area contributed by atoms with Crippen molar-refractivity contribution in [3.8, 4) is 11.4 Å². The topological polar surface area (TPSA) is 76.8 Å². The van der Waals surface area contributed by atoms with Crippen LogP contribution >= 0.6 is 0 Å². The third-order valence-corrected chi connectivity index (χ3v) is 5.26. The van der Waals surface area contributed by atoms with Gasteiger partial charge in [-0.1, -0.05) is 0 Å². The van der Waals surface area contributed by atoms with Crippen LogP contribution in [0, 0.1) is 19.7 Å². The van der Waals surface area contributed by atoms with Gasteiger partial charge < -0.3 is 4.90 Å². The van der Waals surface area contributed by atoms with E-state index in [1.54, 1.807) is 20.0 Å². The van der Waals surface area contributed by atoms with Gasteiger partial charge in [0.2, 0.25) is 0 Å². The van der Waals surface area contributed by atoms with E-state index in [4.69, 9.17) is 0 Å². The number of alkyl halides is 3. The zero-order valence-electron chi connectivity index (χ0n) is 18.1. The van der Waals surface area contributed by atoms with Crippen molar-refractivity contribution in [2.75, 3.05) is 11.9 Å². The molecule has 4 rings (SSSR count). The van der Waals surface area contributed by atoms with E-state index in [0.29, 0.717) is 16.9 Å². The Balaban J connectivity index is 1.74. The molecular formula is C22H18F4N6O. The summed E-state index contributed by atoms with van der Waals surface area (Å²) < 4.78 is 55.6. The van der Waals surface area contributed by atoms with Crippen LogP contribution in [0.4, 0.5) is 23.2 Å². The predicted molar refractivity (Wildman–Crippen MR) is 113 cm³/mol. The van der Waals surface area contributed by atoms with Gasteiger partial charge in [0.15, 0.2) is 5.82 Å². The number of fused-ring (bicyclic) bond motifs is 1. The molecule has 3 heterocycles. The lowest BCUT2D eigenvalue weighted by Gasteiger charge is -2.20. The van der Waals surface area contributed by atoms with Gasteiger partial charge in [0.05, 0.1) is 17.3 Å². The fourth-order valence-corrected chi connectivity index (χ4v) is 3.53. The Bertz CT molecular complexity index is 1400. The van der Waals surface area contributed by atoms with Crippen molar-refractivity contribution in [3.63, 3.8) is 0 Å². The molecule has 0 saturated carbocycles. The normalized spacial score (nSPS) is 11.8. The minimum atomic E-state index is -4.60. The SMILES string of the molecule is Cc1cc(-c2ncc3nc(C(F)(F)F)cc(C)c3n2)c(F)cc1N(C)C(=O)c1ccnn1C. The Hall–Kier alpha value is -3.89. The second kappa shape index (κ2) is 7.91. The van der Waals surface area contributed by atoms with Gasteiger partial charge in [-0.2, -0.15) is 18.3 Å². The molecule has 0 N–H and O–H groups in total. The van der Waals surface area contributed by atoms with Crippen LogP contribution in [-0.2, 0) is 13.2 Å². The van der Waals surface area contributed by atoms with Crippen molar-refractivity contribution in [1.82, 2.24) is 24.7 Å². The van der Waals surface area contributed by atoms with Crippen LogP contribution in [0.3, 0.4) is 0 Å². The molecule has 7 nitrogen and oxygen atoms in total. The van der Waals surface area contributed by atoms with Crippen molar-refractivity contribution in [1.29, 1.82) is 0 Å². The van der Waals surface area contributed by atoms with Crippen LogP contribution in [0.15, 0.2) is 36.7 Å². The number of carbonyl (C=O) groups excluding carboxylic acids is 1. The molecule has 33 heavy (non-hydrogen) atoms. The number of anilines is 1. The number of benzene rings is 1. The van der Waals surface area contributed by atoms with Gasteiger partial charge in [0.1, 0.15) is 22.7 Å². The smallest absolute Gasteiger partial charge is 0.310 e. The minimum Gasteiger partial charge on any atom is -0.310 e. The van der Waals surface area contributed by atoms with E-state index in [-0.39, 0.29) is 33.9 Å². The third kappa shape index (κ3) is 4.01. The molecule has 0 fully saturated rings. The number of aryl methyl sites for hydroxylation is 3. The lowest BCUT2D eigenvalue weighted by Crippen LogP contribution is -2.29. The van der Waals surface area contributed by atoms with E-state index in [1.165, 1.54) is 41.9 Å². The molecule has 0 atom stereocenters. The first-order valence-corrected chi connectivity index (χ1v) is 9.75. The van der Waals surface area contributed by atoms with Crippen molar-refractivity contribution in [3.05, 3.63) is 65.0 Å². The van der Waals surface area contributed by atoms with Crippen LogP contribution in [0.5, 0.6) is 0 Å². The Morgan fingerprint density at radius 2 is 1.82 bits per heavy atom. The summed E-state index contributed by atoms with van der Waals surface area (Å²) in [5.41, 5.74) is 0.659. The fraction of sp³-hybridized carbons (Fsp3) is 0.227. The summed E-state index contributed by atoms with van der Waals surface area (Å²) in [6.45, 7) is 3.18. The summed E-state index contributed by atoms with van der Waals surface area (Å²) in [6.07, 6.45) is -1.97. The van der Waals surface area contributed by atoms with Gasteiger partial charge in [0.25, 0.3) is 5.91 Å². The molecule has 0 saturated heterocycles. The molecule has 1 aromatic carbocycles. The molecule has 11 heteroatoms. The van der Waals surface area contributed by atoms with Gasteiger partial charge in [-0.15, -0.1) is 0 Å². The first kappa shape index (κ1) is 22.3. The number of amides is 1. The second-order valence-electron chi connectivity index (χ2n) is 7.57. The zero-order chi connectivity index (χ0) is 24.1. The second-order valence-corrected chi connectivity index (χ2v) is 7.57. The highest BCUT2D eigenvalue weighted by molar-refractivity contribution is 6.05. The lowest BCUT2D eigenvalue weighted by atomic mass is 10.1. The summed E-state index contributed by atoms with van der Waals surface area (Å²) in [5.74, 6) is -1.05. The molecular weight excluding hydrogens is 440 g/mol. The molecule has 170 valence electrons. The number of hydrogen-bond donors (Lipinski definition) is 0. The molecule has 0 aliphatic rings. The minimum absolute atomic E-state index is 0.0000714. The molecule has 0 radical (unpaired) electrons. The number of halogens is 4. The zero-order valence-corrected chi connectivity index (χ0v) is 18.1. The summed E-state index contributed by atoms with van der Waals surface area (Å²) in [6, 6.07) is 5.14. The number of nitrogens with zero attached hydrogens (tertiary/aromatic N) is 6. The molecule has 0 unspecified atom stereocenters. The average molecular weight is 458 g/mol. The Morgan fingerprint density at radius 3 is 2.45 bits per heavy atom. The largest absolute Gasteiger partial charge is 0.433 e. The van der Waals surface area contributed by atoms with Crippen LogP contribution in [0.2, 0.25) is 0 Å². The molecule has 0 spiro atoms. The van der Waals surface area contributed by atoms with Crippen LogP contribution in [0.1, 0.15) is 27.3 Å². The first-order valence-electron chi connectivity index (χ1n) is 9.75. The molecule has 4 aromatic rings. The van der Waals surface area contributed by atoms with E-state index < -0.39 is 17.7 Å². The van der Waals surface area contributed by atoms with E-state index in [0.717, 1.165) is 12.3 Å². The summed E-state index contributed by atoms with van der Waals surface area (Å²) >= 11 is 0. The Kier molecular flexibility index (Phi) is 5.35. The molecule has 0 aliphatic heterocycles. The maximum absolute atomic E-state index is 15.1. The van der Waals surface area contributed by atoms with Gasteiger partial charge in [-0.25, -0.2) is 19.3 Å². The van der Waals surface area contributed by atoms with Crippen molar-refractivity contribution >= 4 is 22.6 Å². The third-order valence-electron chi connectivity index (χ3n) is 5.26. The summed E-state index contributed by atoms with van der Waals surface area (Å²) in [7, 11) is 3.15. The van der Waals surface area contributed by atoms with E-state index in [9.17, 15) is 18.0 Å². The van der Waals surface area contributed by atoms with E-state index >= 15 is 4.39 Å². The fourth-order valence-electron chi connectivity index (χ4n) is 3.53. The van der Waals surface area contributed by atoms with Crippen LogP contribution < -0.4 is 4.90 Å². The number of carbonyl (C=O) groups is 1. The van der Waals surface area contributed by atoms with Crippen molar-refractivity contribution in [2.24, 2.45) is 7.05 Å². The molecule has 0 bridgehead atoms. The summed E-state index contributed by atoms with van der Waals surface area (Å²) in [4.78, 5) is 25.9. The molecule has 1 amide bonds. The Labute approximate surface area is 185 Å². The van der Waals surface area contributed by atoms with Gasteiger partial charge in [0, 0.05) is 26.0 Å². The summed E-state index contributed by atoms with van der Waals surface area (Å²) in [5, 5.41) is 3.97. The molecule has 3 aromatic heterocycles. The van der Waals surface area contributed by atoms with E-state index in [1.807, 2.05) is 0 Å². The van der Waals surface area contributed by atoms with Crippen LogP contribution in [-0.4, -0.2) is 37.7 Å². The first-order chi connectivity index (χ1) is 15.5. The van der Waals surface area contributed by atoms with Crippen LogP contribution in [0.25, 0.3) is 22.4 Å². The van der Waals surface area contributed by atoms with Gasteiger partial charge in [-0.3, -0.25) is 9.48 Å². The standard InChI is InChI=1S/C22H18F4N6O/c1-11-7-13(14(23)9-17(11)31(3)21(33)16-5-6-28-32(16)4)20-27-10-15-19(30-20)12(2)8-18(29-15)22(24,25)26/h5-10H,1-4H3. The van der Waals surface area contributed by atoms with Crippen molar-refractivity contribution in [2.45, 2.75) is 20.0 Å². The quantitative estimate of drug-likeness (QED) is 0.423. The van der Waals surface area contributed by atoms with Crippen molar-refractivity contribution < 1.29 is 22.4 Å². The highest BCUT2D eigenvalue weighted by Crippen LogP contribution is 2.32. The predicted octanol–water partition coefficient (Wildman–Crippen LogP) is 4.48. The van der Waals surface area contributed by atoms with Gasteiger partial charge >= 0.3 is 6.18 Å². The number of pyridine rings is 1. The Morgan fingerprint density at radius 1 is 1.09 bits per heavy atom. The monoisotopic (exact) mass is 458 g/mol. The highest BCUT2D eigenvalue weighted by atomic mass is 19.4. The lowest BCUT2D eigenvalue weighted by molar-refractivity contribution is -0.141. The number of hydrogen-bond acceptors (Lipinski definition) is 5. The van der Waals surface area contributed by atoms with E-state index in [2.05, 4.69) is 20.1 Å². The average Bonchev–Trinajstić information content (AvgIpc) is 3.19. The van der Waals surface area contributed by atoms with Gasteiger partial charge in [-0.05, 0) is 49.2 Å². The number of rotatable bonds is 3. The maximum atomic E-state index is 15.1. The highest BCUT2D eigenvalue weighted by Gasteiger charge is 2.33. The maximum Gasteiger partial charge on any atom is 0.433 e. The molecule has 0 aliphatic carbocycles. The number of aromatic nitrogens is 5.